The Morgan fingerprint density at radius 2 is 1.64 bits per heavy atom. The quantitative estimate of drug-likeness (QED) is 0.832. The van der Waals surface area contributed by atoms with Gasteiger partial charge in [-0.1, -0.05) is 38.2 Å². The normalized spacial score (nSPS) is 22.0. The van der Waals surface area contributed by atoms with Gasteiger partial charge in [0.05, 0.1) is 4.90 Å². The Kier molecular flexibility index (Phi) is 6.43. The summed E-state index contributed by atoms with van der Waals surface area (Å²) in [4.78, 5) is 25.4. The van der Waals surface area contributed by atoms with Crippen LogP contribution in [0.3, 0.4) is 0 Å². The lowest BCUT2D eigenvalue weighted by Crippen LogP contribution is -2.50. The number of carbonyl (C=O) groups excluding carboxylic acids is 2. The second kappa shape index (κ2) is 8.64. The number of rotatable bonds is 4. The highest BCUT2D eigenvalue weighted by Gasteiger charge is 2.44. The number of aryl methyl sites for hydroxylation is 2. The molecule has 1 aromatic rings. The average Bonchev–Trinajstić information content (AvgIpc) is 3.02. The first-order valence-electron chi connectivity index (χ1n) is 10.3. The van der Waals surface area contributed by atoms with E-state index in [-0.39, 0.29) is 29.7 Å². The van der Waals surface area contributed by atoms with Gasteiger partial charge >= 0.3 is 0 Å². The second-order valence-corrected chi connectivity index (χ2v) is 9.86. The number of sulfonamides is 1. The zero-order chi connectivity index (χ0) is 20.3. The Hall–Kier alpha value is -1.89. The van der Waals surface area contributed by atoms with Gasteiger partial charge in [0.1, 0.15) is 6.04 Å². The molecule has 1 heterocycles. The summed E-state index contributed by atoms with van der Waals surface area (Å²) in [6.45, 7) is 3.73. The van der Waals surface area contributed by atoms with Crippen molar-refractivity contribution in [3.05, 3.63) is 29.3 Å². The molecule has 6 nitrogen and oxygen atoms in total. The molecule has 1 atom stereocenters. The molecule has 1 N–H and O–H groups in total. The molecule has 0 radical (unpaired) electrons. The van der Waals surface area contributed by atoms with Crippen molar-refractivity contribution < 1.29 is 18.0 Å². The van der Waals surface area contributed by atoms with E-state index in [0.717, 1.165) is 41.1 Å². The van der Waals surface area contributed by atoms with Gasteiger partial charge in [0.15, 0.2) is 0 Å². The molecule has 0 spiro atoms. The Labute approximate surface area is 167 Å². The van der Waals surface area contributed by atoms with Crippen molar-refractivity contribution in [3.8, 4) is 0 Å². The third-order valence-corrected chi connectivity index (χ3v) is 7.78. The summed E-state index contributed by atoms with van der Waals surface area (Å²) >= 11 is 0. The maximum Gasteiger partial charge on any atom is 0.267 e. The van der Waals surface area contributed by atoms with E-state index in [0.29, 0.717) is 0 Å². The molecular weight excluding hydrogens is 376 g/mol. The van der Waals surface area contributed by atoms with Crippen molar-refractivity contribution >= 4 is 21.8 Å². The standard InChI is InChI=1S/C21H30N2O4S/c1-15-10-11-18(14-16(15)2)28(26,27)23-19(12-13-20(23)24)21(25)22-17-8-6-4-3-5-7-9-17/h10-11,14,17,19H,3-9,12-13H2,1-2H3,(H,22,25). The number of hydrogen-bond acceptors (Lipinski definition) is 4. The molecule has 1 saturated heterocycles. The van der Waals surface area contributed by atoms with E-state index < -0.39 is 22.0 Å². The van der Waals surface area contributed by atoms with Crippen LogP contribution in [0.4, 0.5) is 0 Å². The lowest BCUT2D eigenvalue weighted by atomic mass is 9.96. The van der Waals surface area contributed by atoms with Crippen LogP contribution in [0.15, 0.2) is 23.1 Å². The summed E-state index contributed by atoms with van der Waals surface area (Å²) in [5.74, 6) is -0.847. The smallest absolute Gasteiger partial charge is 0.267 e. The molecule has 2 fully saturated rings. The highest BCUT2D eigenvalue weighted by atomic mass is 32.2. The fraction of sp³-hybridized carbons (Fsp3) is 0.619. The minimum atomic E-state index is -4.05. The zero-order valence-corrected chi connectivity index (χ0v) is 17.6. The van der Waals surface area contributed by atoms with E-state index in [1.807, 2.05) is 13.8 Å². The van der Waals surface area contributed by atoms with Gasteiger partial charge in [-0.3, -0.25) is 9.59 Å². The van der Waals surface area contributed by atoms with Crippen LogP contribution in [0.2, 0.25) is 0 Å². The van der Waals surface area contributed by atoms with Crippen molar-refractivity contribution in [1.29, 1.82) is 0 Å². The molecule has 0 bridgehead atoms. The van der Waals surface area contributed by atoms with E-state index >= 15 is 0 Å². The largest absolute Gasteiger partial charge is 0.352 e. The van der Waals surface area contributed by atoms with Crippen molar-refractivity contribution in [2.75, 3.05) is 0 Å². The molecule has 3 rings (SSSR count). The predicted octanol–water partition coefficient (Wildman–Crippen LogP) is 3.21. The van der Waals surface area contributed by atoms with Crippen LogP contribution in [-0.4, -0.2) is 36.6 Å². The van der Waals surface area contributed by atoms with Gasteiger partial charge < -0.3 is 5.32 Å². The van der Waals surface area contributed by atoms with Crippen molar-refractivity contribution in [1.82, 2.24) is 9.62 Å². The molecule has 1 aliphatic carbocycles. The minimum Gasteiger partial charge on any atom is -0.352 e. The van der Waals surface area contributed by atoms with E-state index in [4.69, 9.17) is 0 Å². The van der Waals surface area contributed by atoms with Gasteiger partial charge in [0.2, 0.25) is 11.8 Å². The number of nitrogens with zero attached hydrogens (tertiary/aromatic N) is 1. The molecule has 1 aliphatic heterocycles. The Morgan fingerprint density at radius 1 is 1.00 bits per heavy atom. The van der Waals surface area contributed by atoms with Crippen molar-refractivity contribution in [2.24, 2.45) is 0 Å². The lowest BCUT2D eigenvalue weighted by Gasteiger charge is -2.27. The maximum absolute atomic E-state index is 13.1. The summed E-state index contributed by atoms with van der Waals surface area (Å²) in [6, 6.07) is 3.92. The number of carbonyl (C=O) groups is 2. The highest BCUT2D eigenvalue weighted by Crippen LogP contribution is 2.29. The van der Waals surface area contributed by atoms with Crippen molar-refractivity contribution in [2.45, 2.75) is 88.6 Å². The molecule has 154 valence electrons. The number of nitrogens with one attached hydrogen (secondary N) is 1. The third kappa shape index (κ3) is 4.40. The number of hydrogen-bond donors (Lipinski definition) is 1. The summed E-state index contributed by atoms with van der Waals surface area (Å²) in [6.07, 6.45) is 7.85. The topological polar surface area (TPSA) is 83.6 Å². The Bertz CT molecular complexity index is 842. The third-order valence-electron chi connectivity index (χ3n) is 5.95. The van der Waals surface area contributed by atoms with Gasteiger partial charge in [0.25, 0.3) is 10.0 Å². The first kappa shape index (κ1) is 20.8. The molecule has 7 heteroatoms. The number of amides is 2. The van der Waals surface area contributed by atoms with E-state index in [1.54, 1.807) is 12.1 Å². The Morgan fingerprint density at radius 3 is 2.29 bits per heavy atom. The second-order valence-electron chi connectivity index (χ2n) is 8.05. The SMILES string of the molecule is Cc1ccc(S(=O)(=O)N2C(=O)CCC2C(=O)NC2CCCCCCC2)cc1C. The average molecular weight is 407 g/mol. The van der Waals surface area contributed by atoms with Crippen LogP contribution < -0.4 is 5.32 Å². The van der Waals surface area contributed by atoms with Gasteiger partial charge in [-0.15, -0.1) is 0 Å². The predicted molar refractivity (Wildman–Crippen MR) is 107 cm³/mol. The molecule has 1 aromatic carbocycles. The van der Waals surface area contributed by atoms with E-state index in [1.165, 1.54) is 25.3 Å². The van der Waals surface area contributed by atoms with Gasteiger partial charge in [-0.25, -0.2) is 12.7 Å². The van der Waals surface area contributed by atoms with Crippen LogP contribution in [0.5, 0.6) is 0 Å². The van der Waals surface area contributed by atoms with Crippen molar-refractivity contribution in [3.63, 3.8) is 0 Å². The first-order valence-corrected chi connectivity index (χ1v) is 11.7. The molecule has 1 unspecified atom stereocenters. The van der Waals surface area contributed by atoms with Crippen LogP contribution in [-0.2, 0) is 19.6 Å². The Balaban J connectivity index is 1.79. The number of benzene rings is 1. The monoisotopic (exact) mass is 406 g/mol. The lowest BCUT2D eigenvalue weighted by molar-refractivity contribution is -0.131. The van der Waals surface area contributed by atoms with Gasteiger partial charge in [-0.2, -0.15) is 0 Å². The summed E-state index contributed by atoms with van der Waals surface area (Å²) in [5.41, 5.74) is 1.81. The molecule has 28 heavy (non-hydrogen) atoms. The van der Waals surface area contributed by atoms with Crippen LogP contribution in [0, 0.1) is 13.8 Å². The fourth-order valence-electron chi connectivity index (χ4n) is 4.09. The summed E-state index contributed by atoms with van der Waals surface area (Å²) in [7, 11) is -4.05. The van der Waals surface area contributed by atoms with Gasteiger partial charge in [0, 0.05) is 12.5 Å². The van der Waals surface area contributed by atoms with Crippen LogP contribution in [0.25, 0.3) is 0 Å². The molecule has 2 aliphatic rings. The molecule has 1 saturated carbocycles. The van der Waals surface area contributed by atoms with Gasteiger partial charge in [-0.05, 0) is 56.4 Å². The molecule has 2 amide bonds. The van der Waals surface area contributed by atoms with Crippen LogP contribution in [0.1, 0.15) is 68.9 Å². The summed E-state index contributed by atoms with van der Waals surface area (Å²) in [5, 5.41) is 3.03. The minimum absolute atomic E-state index is 0.0644. The van der Waals surface area contributed by atoms with Crippen LogP contribution >= 0.6 is 0 Å². The molecular formula is C21H30N2O4S. The summed E-state index contributed by atoms with van der Waals surface area (Å²) < 4.78 is 27.1. The van der Waals surface area contributed by atoms with E-state index in [2.05, 4.69) is 5.32 Å². The highest BCUT2D eigenvalue weighted by molar-refractivity contribution is 7.89. The maximum atomic E-state index is 13.1. The van der Waals surface area contributed by atoms with E-state index in [9.17, 15) is 18.0 Å². The fourth-order valence-corrected chi connectivity index (χ4v) is 5.77. The first-order chi connectivity index (χ1) is 13.3. The zero-order valence-electron chi connectivity index (χ0n) is 16.7. The molecule has 0 aromatic heterocycles.